The van der Waals surface area contributed by atoms with Gasteiger partial charge in [0.25, 0.3) is 0 Å². The van der Waals surface area contributed by atoms with E-state index in [1.54, 1.807) is 12.1 Å². The van der Waals surface area contributed by atoms with Gasteiger partial charge < -0.3 is 10.5 Å². The summed E-state index contributed by atoms with van der Waals surface area (Å²) in [4.78, 5) is 0.304. The van der Waals surface area contributed by atoms with E-state index in [0.717, 1.165) is 11.1 Å². The number of nitrogen functional groups attached to an aromatic ring is 1. The first-order valence-electron chi connectivity index (χ1n) is 6.30. The number of hydrogen-bond donors (Lipinski definition) is 1. The van der Waals surface area contributed by atoms with Gasteiger partial charge in [-0.2, -0.15) is 4.31 Å². The van der Waals surface area contributed by atoms with Gasteiger partial charge in [0.15, 0.2) is 0 Å². The number of nitrogens with zero attached hydrogens (tertiary/aromatic N) is 1. The Kier molecular flexibility index (Phi) is 3.85. The van der Waals surface area contributed by atoms with Gasteiger partial charge in [0.1, 0.15) is 0 Å². The van der Waals surface area contributed by atoms with Crippen molar-refractivity contribution in [3.8, 4) is 0 Å². The zero-order valence-corrected chi connectivity index (χ0v) is 12.3. The highest BCUT2D eigenvalue weighted by Gasteiger charge is 2.32. The molecule has 0 aliphatic carbocycles. The van der Waals surface area contributed by atoms with Crippen LogP contribution in [0.4, 0.5) is 5.69 Å². The van der Waals surface area contributed by atoms with Gasteiger partial charge in [-0.05, 0) is 44.0 Å². The SMILES string of the molecule is Cc1cc(N)cc(S(=O)(=O)N2CCOCC2C)c1C. The molecular weight excluding hydrogens is 264 g/mol. The highest BCUT2D eigenvalue weighted by Crippen LogP contribution is 2.27. The van der Waals surface area contributed by atoms with Crippen LogP contribution in [0.3, 0.4) is 0 Å². The van der Waals surface area contributed by atoms with Crippen molar-refractivity contribution >= 4 is 15.7 Å². The average molecular weight is 284 g/mol. The van der Waals surface area contributed by atoms with Crippen LogP contribution in [0, 0.1) is 13.8 Å². The Hall–Kier alpha value is -1.11. The van der Waals surface area contributed by atoms with Crippen molar-refractivity contribution in [3.63, 3.8) is 0 Å². The summed E-state index contributed by atoms with van der Waals surface area (Å²) in [5, 5.41) is 0. The second-order valence-corrected chi connectivity index (χ2v) is 6.86. The number of anilines is 1. The van der Waals surface area contributed by atoms with Gasteiger partial charge >= 0.3 is 0 Å². The Morgan fingerprint density at radius 2 is 2.05 bits per heavy atom. The molecule has 1 heterocycles. The van der Waals surface area contributed by atoms with E-state index >= 15 is 0 Å². The van der Waals surface area contributed by atoms with Crippen molar-refractivity contribution in [3.05, 3.63) is 23.3 Å². The molecule has 19 heavy (non-hydrogen) atoms. The summed E-state index contributed by atoms with van der Waals surface area (Å²) in [5.74, 6) is 0. The molecule has 0 radical (unpaired) electrons. The van der Waals surface area contributed by atoms with Crippen molar-refractivity contribution in [2.75, 3.05) is 25.5 Å². The summed E-state index contributed by atoms with van der Waals surface area (Å²) in [7, 11) is -3.51. The van der Waals surface area contributed by atoms with E-state index in [1.165, 1.54) is 4.31 Å². The summed E-state index contributed by atoms with van der Waals surface area (Å²) in [6.07, 6.45) is 0. The fourth-order valence-corrected chi connectivity index (χ4v) is 4.25. The van der Waals surface area contributed by atoms with Gasteiger partial charge in [-0.1, -0.05) is 0 Å². The Labute approximate surface area is 114 Å². The molecule has 1 atom stereocenters. The molecule has 1 saturated heterocycles. The number of morpholine rings is 1. The van der Waals surface area contributed by atoms with E-state index in [4.69, 9.17) is 10.5 Å². The minimum atomic E-state index is -3.51. The van der Waals surface area contributed by atoms with E-state index in [0.29, 0.717) is 30.3 Å². The fourth-order valence-electron chi connectivity index (χ4n) is 2.32. The normalized spacial score (nSPS) is 21.5. The zero-order valence-electron chi connectivity index (χ0n) is 11.5. The molecule has 1 aromatic carbocycles. The lowest BCUT2D eigenvalue weighted by atomic mass is 10.1. The van der Waals surface area contributed by atoms with Crippen LogP contribution in [0.25, 0.3) is 0 Å². The lowest BCUT2D eigenvalue weighted by Gasteiger charge is -2.32. The van der Waals surface area contributed by atoms with Gasteiger partial charge in [-0.3, -0.25) is 0 Å². The first kappa shape index (κ1) is 14.3. The third-order valence-electron chi connectivity index (χ3n) is 3.54. The predicted octanol–water partition coefficient (Wildman–Crippen LogP) is 1.30. The first-order chi connectivity index (χ1) is 8.84. The van der Waals surface area contributed by atoms with Gasteiger partial charge in [0.05, 0.1) is 18.1 Å². The number of hydrogen-bond acceptors (Lipinski definition) is 4. The second kappa shape index (κ2) is 5.11. The maximum absolute atomic E-state index is 12.7. The Morgan fingerprint density at radius 3 is 2.68 bits per heavy atom. The van der Waals surface area contributed by atoms with Crippen molar-refractivity contribution in [2.45, 2.75) is 31.7 Å². The third-order valence-corrected chi connectivity index (χ3v) is 5.68. The molecule has 1 aliphatic heterocycles. The monoisotopic (exact) mass is 284 g/mol. The molecule has 2 N–H and O–H groups in total. The lowest BCUT2D eigenvalue weighted by Crippen LogP contribution is -2.47. The molecule has 0 bridgehead atoms. The first-order valence-corrected chi connectivity index (χ1v) is 7.74. The molecule has 1 aromatic rings. The van der Waals surface area contributed by atoms with E-state index in [9.17, 15) is 8.42 Å². The van der Waals surface area contributed by atoms with Crippen LogP contribution in [0.5, 0.6) is 0 Å². The standard InChI is InChI=1S/C13H20N2O3S/c1-9-6-12(14)7-13(11(9)3)19(16,17)15-4-5-18-8-10(15)2/h6-7,10H,4-5,8,14H2,1-3H3. The molecule has 5 nitrogen and oxygen atoms in total. The minimum absolute atomic E-state index is 0.153. The van der Waals surface area contributed by atoms with E-state index in [-0.39, 0.29) is 6.04 Å². The van der Waals surface area contributed by atoms with Crippen LogP contribution < -0.4 is 5.73 Å². The Bertz CT molecular complexity index is 584. The number of sulfonamides is 1. The molecule has 106 valence electrons. The molecule has 0 spiro atoms. The largest absolute Gasteiger partial charge is 0.399 e. The molecule has 0 aromatic heterocycles. The van der Waals surface area contributed by atoms with Crippen molar-refractivity contribution in [1.82, 2.24) is 4.31 Å². The summed E-state index contributed by atoms with van der Waals surface area (Å²) in [5.41, 5.74) is 7.90. The number of ether oxygens (including phenoxy) is 1. The van der Waals surface area contributed by atoms with E-state index < -0.39 is 10.0 Å². The maximum Gasteiger partial charge on any atom is 0.243 e. The molecular formula is C13H20N2O3S. The van der Waals surface area contributed by atoms with E-state index in [1.807, 2.05) is 20.8 Å². The van der Waals surface area contributed by atoms with Crippen molar-refractivity contribution in [1.29, 1.82) is 0 Å². The smallest absolute Gasteiger partial charge is 0.243 e. The summed E-state index contributed by atoms with van der Waals surface area (Å²) in [6.45, 7) is 6.78. The van der Waals surface area contributed by atoms with Gasteiger partial charge in [0, 0.05) is 18.3 Å². The van der Waals surface area contributed by atoms with Gasteiger partial charge in [-0.15, -0.1) is 0 Å². The summed E-state index contributed by atoms with van der Waals surface area (Å²) >= 11 is 0. The number of nitrogens with two attached hydrogens (primary N) is 1. The van der Waals surface area contributed by atoms with Crippen LogP contribution >= 0.6 is 0 Å². The summed E-state index contributed by atoms with van der Waals surface area (Å²) in [6, 6.07) is 3.18. The molecule has 0 amide bonds. The van der Waals surface area contributed by atoms with Crippen LogP contribution in [0.2, 0.25) is 0 Å². The predicted molar refractivity (Wildman–Crippen MR) is 74.5 cm³/mol. The number of benzene rings is 1. The number of aryl methyl sites for hydroxylation is 1. The molecule has 1 fully saturated rings. The van der Waals surface area contributed by atoms with Crippen molar-refractivity contribution < 1.29 is 13.2 Å². The van der Waals surface area contributed by atoms with Crippen LogP contribution in [0.1, 0.15) is 18.1 Å². The van der Waals surface area contributed by atoms with Crippen LogP contribution in [-0.4, -0.2) is 38.5 Å². The molecule has 6 heteroatoms. The zero-order chi connectivity index (χ0) is 14.2. The van der Waals surface area contributed by atoms with Gasteiger partial charge in [-0.25, -0.2) is 8.42 Å². The third kappa shape index (κ3) is 2.61. The van der Waals surface area contributed by atoms with E-state index in [2.05, 4.69) is 0 Å². The second-order valence-electron chi connectivity index (χ2n) is 5.00. The molecule has 1 aliphatic rings. The quantitative estimate of drug-likeness (QED) is 0.831. The topological polar surface area (TPSA) is 72.6 Å². The van der Waals surface area contributed by atoms with Crippen LogP contribution in [0.15, 0.2) is 17.0 Å². The molecule has 0 saturated carbocycles. The Morgan fingerprint density at radius 1 is 1.37 bits per heavy atom. The van der Waals surface area contributed by atoms with Crippen molar-refractivity contribution in [2.24, 2.45) is 0 Å². The van der Waals surface area contributed by atoms with Crippen LogP contribution in [-0.2, 0) is 14.8 Å². The lowest BCUT2D eigenvalue weighted by molar-refractivity contribution is 0.0392. The molecule has 1 unspecified atom stereocenters. The number of rotatable bonds is 2. The molecule has 2 rings (SSSR count). The highest BCUT2D eigenvalue weighted by atomic mass is 32.2. The highest BCUT2D eigenvalue weighted by molar-refractivity contribution is 7.89. The Balaban J connectivity index is 2.50. The summed E-state index contributed by atoms with van der Waals surface area (Å²) < 4.78 is 32.3. The maximum atomic E-state index is 12.7. The fraction of sp³-hybridized carbons (Fsp3) is 0.538. The van der Waals surface area contributed by atoms with Gasteiger partial charge in [0.2, 0.25) is 10.0 Å². The average Bonchev–Trinajstić information content (AvgIpc) is 2.34. The minimum Gasteiger partial charge on any atom is -0.399 e.